The Morgan fingerprint density at radius 2 is 1.78 bits per heavy atom. The predicted octanol–water partition coefficient (Wildman–Crippen LogP) is 5.24. The molecule has 0 saturated carbocycles. The summed E-state index contributed by atoms with van der Waals surface area (Å²) in [5, 5.41) is 4.79. The molecule has 1 aromatic carbocycles. The van der Waals surface area contributed by atoms with Gasteiger partial charge in [0.05, 0.1) is 5.39 Å². The molecule has 4 nitrogen and oxygen atoms in total. The lowest BCUT2D eigenvalue weighted by atomic mass is 9.97. The molecule has 5 heteroatoms. The Bertz CT molecular complexity index is 1070. The molecule has 134 valence electrons. The number of nitrogens with zero attached hydrogens (tertiary/aromatic N) is 3. The van der Waals surface area contributed by atoms with Gasteiger partial charge in [-0.1, -0.05) is 36.4 Å². The molecule has 0 radical (unpaired) electrons. The number of fused-ring (bicyclic) bond motifs is 3. The van der Waals surface area contributed by atoms with E-state index >= 15 is 0 Å². The van der Waals surface area contributed by atoms with E-state index < -0.39 is 0 Å². The van der Waals surface area contributed by atoms with E-state index in [1.807, 2.05) is 35.6 Å². The zero-order valence-corrected chi connectivity index (χ0v) is 15.8. The van der Waals surface area contributed by atoms with E-state index in [-0.39, 0.29) is 0 Å². The van der Waals surface area contributed by atoms with Crippen LogP contribution in [0, 0.1) is 0 Å². The molecular formula is C22H20N4S. The highest BCUT2D eigenvalue weighted by Gasteiger charge is 2.21. The number of rotatable bonds is 4. The first-order chi connectivity index (χ1) is 13.4. The van der Waals surface area contributed by atoms with E-state index in [2.05, 4.69) is 34.6 Å². The summed E-state index contributed by atoms with van der Waals surface area (Å²) in [4.78, 5) is 16.8. The van der Waals surface area contributed by atoms with Crippen molar-refractivity contribution in [1.29, 1.82) is 0 Å². The van der Waals surface area contributed by atoms with Gasteiger partial charge < -0.3 is 5.32 Å². The minimum atomic E-state index is 0.692. The van der Waals surface area contributed by atoms with E-state index in [4.69, 9.17) is 9.97 Å². The molecule has 0 bridgehead atoms. The lowest BCUT2D eigenvalue weighted by Gasteiger charge is -2.13. The van der Waals surface area contributed by atoms with Gasteiger partial charge in [-0.3, -0.25) is 4.98 Å². The van der Waals surface area contributed by atoms with E-state index in [0.29, 0.717) is 5.82 Å². The second-order valence-electron chi connectivity index (χ2n) is 6.84. The Balaban J connectivity index is 1.62. The zero-order valence-electron chi connectivity index (χ0n) is 15.0. The highest BCUT2D eigenvalue weighted by Crippen LogP contribution is 2.39. The molecule has 0 unspecified atom stereocenters. The van der Waals surface area contributed by atoms with Crippen molar-refractivity contribution in [2.75, 3.05) is 5.32 Å². The van der Waals surface area contributed by atoms with Gasteiger partial charge in [-0.2, -0.15) is 0 Å². The van der Waals surface area contributed by atoms with Crippen molar-refractivity contribution in [3.63, 3.8) is 0 Å². The molecule has 1 aliphatic rings. The van der Waals surface area contributed by atoms with Gasteiger partial charge in [0.1, 0.15) is 16.3 Å². The zero-order chi connectivity index (χ0) is 18.1. The van der Waals surface area contributed by atoms with Crippen molar-refractivity contribution in [3.05, 3.63) is 70.7 Å². The van der Waals surface area contributed by atoms with Crippen LogP contribution in [0.4, 0.5) is 5.82 Å². The van der Waals surface area contributed by atoms with Crippen LogP contribution in [0.1, 0.15) is 28.8 Å². The summed E-state index contributed by atoms with van der Waals surface area (Å²) >= 11 is 1.83. The van der Waals surface area contributed by atoms with Crippen molar-refractivity contribution in [2.24, 2.45) is 0 Å². The van der Waals surface area contributed by atoms with Gasteiger partial charge in [-0.05, 0) is 48.9 Å². The Kier molecular flexibility index (Phi) is 4.30. The number of benzene rings is 1. The van der Waals surface area contributed by atoms with Crippen LogP contribution in [-0.2, 0) is 19.4 Å². The molecule has 27 heavy (non-hydrogen) atoms. The van der Waals surface area contributed by atoms with Crippen molar-refractivity contribution in [1.82, 2.24) is 15.0 Å². The topological polar surface area (TPSA) is 50.7 Å². The van der Waals surface area contributed by atoms with Gasteiger partial charge >= 0.3 is 0 Å². The molecule has 0 amide bonds. The molecule has 0 saturated heterocycles. The lowest BCUT2D eigenvalue weighted by molar-refractivity contribution is 0.700. The van der Waals surface area contributed by atoms with Crippen molar-refractivity contribution >= 4 is 27.4 Å². The second kappa shape index (κ2) is 7.08. The van der Waals surface area contributed by atoms with Crippen LogP contribution in [0.2, 0.25) is 0 Å². The number of aryl methyl sites for hydroxylation is 2. The van der Waals surface area contributed by atoms with Gasteiger partial charge in [0.15, 0.2) is 5.82 Å². The Labute approximate surface area is 162 Å². The molecule has 3 heterocycles. The highest BCUT2D eigenvalue weighted by molar-refractivity contribution is 7.19. The van der Waals surface area contributed by atoms with Gasteiger partial charge in [-0.25, -0.2) is 9.97 Å². The van der Waals surface area contributed by atoms with Crippen LogP contribution in [0.15, 0.2) is 54.7 Å². The largest absolute Gasteiger partial charge is 0.365 e. The van der Waals surface area contributed by atoms with Crippen LogP contribution in [0.3, 0.4) is 0 Å². The van der Waals surface area contributed by atoms with Crippen LogP contribution in [-0.4, -0.2) is 15.0 Å². The summed E-state index contributed by atoms with van der Waals surface area (Å²) in [5.74, 6) is 1.63. The molecule has 1 N–H and O–H groups in total. The fraction of sp³-hybridized carbons (Fsp3) is 0.227. The maximum atomic E-state index is 4.89. The van der Waals surface area contributed by atoms with E-state index in [1.165, 1.54) is 34.2 Å². The average Bonchev–Trinajstić information content (AvgIpc) is 3.12. The smallest absolute Gasteiger partial charge is 0.181 e. The number of anilines is 1. The van der Waals surface area contributed by atoms with Crippen LogP contribution in [0.25, 0.3) is 21.7 Å². The van der Waals surface area contributed by atoms with Gasteiger partial charge in [0, 0.05) is 17.6 Å². The molecule has 0 aliphatic heterocycles. The summed E-state index contributed by atoms with van der Waals surface area (Å²) in [5.41, 5.74) is 3.51. The van der Waals surface area contributed by atoms with Gasteiger partial charge in [0.25, 0.3) is 0 Å². The maximum Gasteiger partial charge on any atom is 0.181 e. The number of nitrogens with one attached hydrogen (secondary N) is 1. The molecule has 3 aromatic heterocycles. The summed E-state index contributed by atoms with van der Waals surface area (Å²) in [7, 11) is 0. The van der Waals surface area contributed by atoms with Gasteiger partial charge in [0.2, 0.25) is 0 Å². The quantitative estimate of drug-likeness (QED) is 0.532. The predicted molar refractivity (Wildman–Crippen MR) is 111 cm³/mol. The van der Waals surface area contributed by atoms with Gasteiger partial charge in [-0.15, -0.1) is 11.3 Å². The van der Waals surface area contributed by atoms with Crippen molar-refractivity contribution < 1.29 is 0 Å². The third-order valence-electron chi connectivity index (χ3n) is 5.01. The molecule has 4 aromatic rings. The molecule has 1 aliphatic carbocycles. The first-order valence-electron chi connectivity index (χ1n) is 9.40. The number of hydrogen-bond acceptors (Lipinski definition) is 5. The standard InChI is InChI=1S/C22H20N4S/c1-2-8-15(9-3-1)14-24-21-19-16-10-4-5-12-18(16)27-22(19)26-20(25-21)17-11-6-7-13-23-17/h1-3,6-9,11,13H,4-5,10,12,14H2,(H,24,25,26). The first-order valence-corrected chi connectivity index (χ1v) is 10.2. The number of pyridine rings is 1. The summed E-state index contributed by atoms with van der Waals surface area (Å²) in [6, 6.07) is 16.3. The summed E-state index contributed by atoms with van der Waals surface area (Å²) in [6.07, 6.45) is 6.60. The highest BCUT2D eigenvalue weighted by atomic mass is 32.1. The SMILES string of the molecule is c1ccc(CNc2nc(-c3ccccn3)nc3sc4c(c23)CCCC4)cc1. The van der Waals surface area contributed by atoms with Crippen LogP contribution < -0.4 is 5.32 Å². The Hall–Kier alpha value is -2.79. The third-order valence-corrected chi connectivity index (χ3v) is 6.20. The minimum Gasteiger partial charge on any atom is -0.365 e. The second-order valence-corrected chi connectivity index (χ2v) is 7.92. The molecular weight excluding hydrogens is 352 g/mol. The summed E-state index contributed by atoms with van der Waals surface area (Å²) in [6.45, 7) is 0.749. The molecule has 0 atom stereocenters. The number of hydrogen-bond donors (Lipinski definition) is 1. The van der Waals surface area contributed by atoms with E-state index in [9.17, 15) is 0 Å². The lowest BCUT2D eigenvalue weighted by Crippen LogP contribution is -2.06. The van der Waals surface area contributed by atoms with E-state index in [0.717, 1.165) is 35.7 Å². The number of aromatic nitrogens is 3. The maximum absolute atomic E-state index is 4.89. The Morgan fingerprint density at radius 3 is 2.63 bits per heavy atom. The molecule has 0 spiro atoms. The van der Waals surface area contributed by atoms with Crippen LogP contribution in [0.5, 0.6) is 0 Å². The minimum absolute atomic E-state index is 0.692. The van der Waals surface area contributed by atoms with Crippen LogP contribution >= 0.6 is 11.3 Å². The summed E-state index contributed by atoms with van der Waals surface area (Å²) < 4.78 is 0. The molecule has 0 fully saturated rings. The Morgan fingerprint density at radius 1 is 0.926 bits per heavy atom. The number of thiophene rings is 1. The monoisotopic (exact) mass is 372 g/mol. The normalized spacial score (nSPS) is 13.5. The fourth-order valence-electron chi connectivity index (χ4n) is 3.68. The fourth-order valence-corrected chi connectivity index (χ4v) is 4.94. The van der Waals surface area contributed by atoms with Crippen molar-refractivity contribution in [3.8, 4) is 11.5 Å². The van der Waals surface area contributed by atoms with Crippen molar-refractivity contribution in [2.45, 2.75) is 32.2 Å². The third kappa shape index (κ3) is 3.19. The first kappa shape index (κ1) is 16.4. The molecule has 5 rings (SSSR count). The average molecular weight is 372 g/mol. The van der Waals surface area contributed by atoms with E-state index in [1.54, 1.807) is 6.20 Å².